The highest BCUT2D eigenvalue weighted by Crippen LogP contribution is 2.40. The summed E-state index contributed by atoms with van der Waals surface area (Å²) in [5.41, 5.74) is 5.71. The van der Waals surface area contributed by atoms with Crippen molar-refractivity contribution in [3.05, 3.63) is 116 Å². The zero-order valence-electron chi connectivity index (χ0n) is 19.2. The molecule has 0 fully saturated rings. The van der Waals surface area contributed by atoms with Gasteiger partial charge in [0, 0.05) is 27.2 Å². The Labute approximate surface area is 205 Å². The molecule has 0 bridgehead atoms. The first kappa shape index (κ1) is 19.3. The van der Waals surface area contributed by atoms with E-state index in [0.29, 0.717) is 5.95 Å². The third-order valence-corrected chi connectivity index (χ3v) is 7.14. The minimum absolute atomic E-state index is 0.620. The third kappa shape index (κ3) is 2.57. The van der Waals surface area contributed by atoms with E-state index in [9.17, 15) is 0 Å². The molecule has 8 rings (SSSR count). The van der Waals surface area contributed by atoms with E-state index in [1.807, 2.05) is 0 Å². The number of hydrogen-bond acceptors (Lipinski definition) is 3. The molecule has 0 aliphatic carbocycles. The normalized spacial score (nSPS) is 11.9. The van der Waals surface area contributed by atoms with Gasteiger partial charge in [-0.2, -0.15) is 0 Å². The highest BCUT2D eigenvalue weighted by atomic mass is 15.2. The molecule has 3 heterocycles. The van der Waals surface area contributed by atoms with Crippen LogP contribution in [0.4, 0.5) is 0 Å². The lowest BCUT2D eigenvalue weighted by Crippen LogP contribution is -2.00. The first-order valence-corrected chi connectivity index (χ1v) is 12.0. The molecule has 0 saturated heterocycles. The molecule has 168 valence electrons. The van der Waals surface area contributed by atoms with Crippen LogP contribution in [0.1, 0.15) is 0 Å². The lowest BCUT2D eigenvalue weighted by Gasteiger charge is -2.09. The summed E-state index contributed by atoms with van der Waals surface area (Å²) in [6.45, 7) is 0. The van der Waals surface area contributed by atoms with Crippen molar-refractivity contribution in [2.75, 3.05) is 0 Å². The van der Waals surface area contributed by atoms with E-state index in [0.717, 1.165) is 16.7 Å². The molecule has 5 nitrogen and oxygen atoms in total. The van der Waals surface area contributed by atoms with Gasteiger partial charge >= 0.3 is 0 Å². The monoisotopic (exact) mass is 461 g/mol. The van der Waals surface area contributed by atoms with Crippen LogP contribution < -0.4 is 0 Å². The Balaban J connectivity index is 1.58. The highest BCUT2D eigenvalue weighted by Gasteiger charge is 2.18. The van der Waals surface area contributed by atoms with Gasteiger partial charge in [0.05, 0.1) is 22.1 Å². The maximum Gasteiger partial charge on any atom is 0.237 e. The van der Waals surface area contributed by atoms with Crippen molar-refractivity contribution < 1.29 is 0 Å². The van der Waals surface area contributed by atoms with Crippen molar-refractivity contribution in [2.45, 2.75) is 0 Å². The fourth-order valence-corrected chi connectivity index (χ4v) is 5.67. The van der Waals surface area contributed by atoms with Gasteiger partial charge in [0.1, 0.15) is 12.7 Å². The zero-order chi connectivity index (χ0) is 23.6. The number of aromatic nitrogens is 5. The summed E-state index contributed by atoms with van der Waals surface area (Å²) in [5, 5.41) is 7.32. The Morgan fingerprint density at radius 3 is 1.97 bits per heavy atom. The second-order valence-corrected chi connectivity index (χ2v) is 9.03. The lowest BCUT2D eigenvalue weighted by atomic mass is 10.0. The molecule has 3 aromatic heterocycles. The van der Waals surface area contributed by atoms with Crippen molar-refractivity contribution in [3.63, 3.8) is 0 Å². The van der Waals surface area contributed by atoms with Gasteiger partial charge in [-0.1, -0.05) is 60.7 Å². The summed E-state index contributed by atoms with van der Waals surface area (Å²) in [4.78, 5) is 13.0. The smallest absolute Gasteiger partial charge is 0.237 e. The molecule has 0 atom stereocenters. The van der Waals surface area contributed by atoms with Crippen LogP contribution in [0.15, 0.2) is 116 Å². The minimum Gasteiger partial charge on any atom is -0.309 e. The quantitative estimate of drug-likeness (QED) is 0.273. The van der Waals surface area contributed by atoms with Gasteiger partial charge in [0.15, 0.2) is 0 Å². The molecule has 5 aromatic carbocycles. The summed E-state index contributed by atoms with van der Waals surface area (Å²) in [6, 6.07) is 36.8. The van der Waals surface area contributed by atoms with Crippen LogP contribution in [0, 0.1) is 0 Å². The van der Waals surface area contributed by atoms with Crippen LogP contribution in [0.3, 0.4) is 0 Å². The van der Waals surface area contributed by atoms with Gasteiger partial charge < -0.3 is 4.57 Å². The Kier molecular flexibility index (Phi) is 3.88. The van der Waals surface area contributed by atoms with Crippen molar-refractivity contribution in [1.82, 2.24) is 24.1 Å². The molecule has 0 N–H and O–H groups in total. The molecule has 0 aliphatic rings. The van der Waals surface area contributed by atoms with Crippen LogP contribution in [0.25, 0.3) is 66.0 Å². The number of rotatable bonds is 2. The summed E-state index contributed by atoms with van der Waals surface area (Å²) < 4.78 is 4.50. The predicted octanol–water partition coefficient (Wildman–Crippen LogP) is 7.22. The fourth-order valence-electron chi connectivity index (χ4n) is 5.67. The van der Waals surface area contributed by atoms with Crippen molar-refractivity contribution in [3.8, 4) is 11.6 Å². The van der Waals surface area contributed by atoms with E-state index in [-0.39, 0.29) is 0 Å². The lowest BCUT2D eigenvalue weighted by molar-refractivity contribution is 0.940. The SMILES string of the molecule is c1ccc(-n2c3ccccc3c3cc4ccc5c(c4cc32)c2ccccc2n5-c2ncncn2)cc1. The largest absolute Gasteiger partial charge is 0.309 e. The molecular formula is C31H19N5. The molecule has 0 aliphatic heterocycles. The molecule has 8 aromatic rings. The van der Waals surface area contributed by atoms with Crippen LogP contribution >= 0.6 is 0 Å². The number of benzene rings is 5. The number of para-hydroxylation sites is 3. The van der Waals surface area contributed by atoms with Crippen molar-refractivity contribution >= 4 is 54.4 Å². The average molecular weight is 462 g/mol. The first-order chi connectivity index (χ1) is 17.9. The van der Waals surface area contributed by atoms with E-state index < -0.39 is 0 Å². The van der Waals surface area contributed by atoms with E-state index in [1.165, 1.54) is 43.4 Å². The molecule has 0 saturated carbocycles. The zero-order valence-corrected chi connectivity index (χ0v) is 19.2. The number of hydrogen-bond donors (Lipinski definition) is 0. The van der Waals surface area contributed by atoms with Gasteiger partial charge in [0.25, 0.3) is 0 Å². The van der Waals surface area contributed by atoms with E-state index in [1.54, 1.807) is 12.7 Å². The number of fused-ring (bicyclic) bond motifs is 8. The first-order valence-electron chi connectivity index (χ1n) is 12.0. The van der Waals surface area contributed by atoms with Gasteiger partial charge in [0.2, 0.25) is 5.95 Å². The Morgan fingerprint density at radius 2 is 1.17 bits per heavy atom. The topological polar surface area (TPSA) is 48.5 Å². The van der Waals surface area contributed by atoms with Crippen molar-refractivity contribution in [1.29, 1.82) is 0 Å². The predicted molar refractivity (Wildman–Crippen MR) is 146 cm³/mol. The Morgan fingerprint density at radius 1 is 0.472 bits per heavy atom. The molecule has 5 heteroatoms. The second kappa shape index (κ2) is 7.23. The molecule has 0 radical (unpaired) electrons. The summed E-state index contributed by atoms with van der Waals surface area (Å²) >= 11 is 0. The molecule has 0 spiro atoms. The Hall–Kier alpha value is -5.03. The van der Waals surface area contributed by atoms with Gasteiger partial charge in [-0.3, -0.25) is 4.57 Å². The van der Waals surface area contributed by atoms with Crippen LogP contribution in [-0.2, 0) is 0 Å². The average Bonchev–Trinajstić information content (AvgIpc) is 3.45. The molecule has 0 unspecified atom stereocenters. The van der Waals surface area contributed by atoms with Crippen LogP contribution in [-0.4, -0.2) is 24.1 Å². The number of nitrogens with zero attached hydrogens (tertiary/aromatic N) is 5. The molecule has 36 heavy (non-hydrogen) atoms. The highest BCUT2D eigenvalue weighted by molar-refractivity contribution is 6.24. The molecular weight excluding hydrogens is 442 g/mol. The molecule has 0 amide bonds. The summed E-state index contributed by atoms with van der Waals surface area (Å²) in [5.74, 6) is 0.620. The summed E-state index contributed by atoms with van der Waals surface area (Å²) in [6.07, 6.45) is 3.09. The maximum atomic E-state index is 4.47. The van der Waals surface area contributed by atoms with E-state index in [2.05, 4.69) is 127 Å². The van der Waals surface area contributed by atoms with Crippen LogP contribution in [0.5, 0.6) is 0 Å². The standard InChI is InChI=1S/C31H19N5/c1-2-8-21(9-3-1)35-26-12-6-4-10-22(26)25-16-20-14-15-28-30(24(20)17-29(25)35)23-11-5-7-13-27(23)36(28)31-33-18-32-19-34-31/h1-19H. The second-order valence-electron chi connectivity index (χ2n) is 9.03. The minimum atomic E-state index is 0.620. The fraction of sp³-hybridized carbons (Fsp3) is 0. The van der Waals surface area contributed by atoms with Crippen LogP contribution in [0.2, 0.25) is 0 Å². The van der Waals surface area contributed by atoms with E-state index in [4.69, 9.17) is 0 Å². The van der Waals surface area contributed by atoms with Gasteiger partial charge in [-0.15, -0.1) is 0 Å². The summed E-state index contributed by atoms with van der Waals surface area (Å²) in [7, 11) is 0. The van der Waals surface area contributed by atoms with Crippen molar-refractivity contribution in [2.24, 2.45) is 0 Å². The van der Waals surface area contributed by atoms with Gasteiger partial charge in [-0.05, 0) is 53.2 Å². The van der Waals surface area contributed by atoms with Gasteiger partial charge in [-0.25, -0.2) is 15.0 Å². The Bertz CT molecular complexity index is 2090. The van der Waals surface area contributed by atoms with E-state index >= 15 is 0 Å². The third-order valence-electron chi connectivity index (χ3n) is 7.14. The maximum absolute atomic E-state index is 4.47.